The molecule has 2 rings (SSSR count). The Labute approximate surface area is 126 Å². The van der Waals surface area contributed by atoms with E-state index in [9.17, 15) is 4.79 Å². The Balaban J connectivity index is 2.39. The molecule has 1 aromatic heterocycles. The quantitative estimate of drug-likeness (QED) is 0.849. The number of rotatable bonds is 3. The number of hydrogen-bond donors (Lipinski definition) is 0. The van der Waals surface area contributed by atoms with Gasteiger partial charge < -0.3 is 0 Å². The van der Waals surface area contributed by atoms with Crippen molar-refractivity contribution >= 4 is 11.7 Å². The molecule has 0 radical (unpaired) electrons. The standard InChI is InChI=1S/C18H22N2O/c1-14-9-8-12-16(19-14)20(13-18(2,3)4)17(21)15-10-6-5-7-11-15/h5-12H,13H2,1-4H3. The Hall–Kier alpha value is -2.16. The molecule has 3 nitrogen and oxygen atoms in total. The molecular formula is C18H22N2O. The summed E-state index contributed by atoms with van der Waals surface area (Å²) >= 11 is 0. The van der Waals surface area contributed by atoms with Gasteiger partial charge in [0.15, 0.2) is 0 Å². The van der Waals surface area contributed by atoms with E-state index in [1.807, 2.05) is 55.5 Å². The minimum Gasteiger partial charge on any atom is -0.292 e. The second-order valence-corrected chi connectivity index (χ2v) is 6.46. The van der Waals surface area contributed by atoms with Gasteiger partial charge in [-0.2, -0.15) is 0 Å². The predicted octanol–water partition coefficient (Wildman–Crippen LogP) is 4.08. The molecule has 0 aliphatic carbocycles. The molecule has 0 unspecified atom stereocenters. The zero-order valence-corrected chi connectivity index (χ0v) is 13.1. The number of carbonyl (C=O) groups excluding carboxylic acids is 1. The Morgan fingerprint density at radius 3 is 2.29 bits per heavy atom. The number of hydrogen-bond acceptors (Lipinski definition) is 2. The first kappa shape index (κ1) is 15.2. The number of pyridine rings is 1. The zero-order valence-electron chi connectivity index (χ0n) is 13.1. The molecule has 0 bridgehead atoms. The second kappa shape index (κ2) is 6.08. The predicted molar refractivity (Wildman–Crippen MR) is 86.5 cm³/mol. The summed E-state index contributed by atoms with van der Waals surface area (Å²) in [5, 5.41) is 0. The van der Waals surface area contributed by atoms with Crippen LogP contribution in [0, 0.1) is 12.3 Å². The van der Waals surface area contributed by atoms with Gasteiger partial charge in [0.2, 0.25) is 0 Å². The van der Waals surface area contributed by atoms with Crippen LogP contribution in [0.25, 0.3) is 0 Å². The van der Waals surface area contributed by atoms with Crippen molar-refractivity contribution in [3.63, 3.8) is 0 Å². The van der Waals surface area contributed by atoms with E-state index in [0.29, 0.717) is 17.9 Å². The SMILES string of the molecule is Cc1cccc(N(CC(C)(C)C)C(=O)c2ccccc2)n1. The smallest absolute Gasteiger partial charge is 0.259 e. The van der Waals surface area contributed by atoms with E-state index in [0.717, 1.165) is 5.69 Å². The van der Waals surface area contributed by atoms with Crippen LogP contribution in [0.5, 0.6) is 0 Å². The third-order valence-electron chi connectivity index (χ3n) is 3.05. The van der Waals surface area contributed by atoms with Crippen LogP contribution in [0.1, 0.15) is 36.8 Å². The first-order chi connectivity index (χ1) is 9.87. The summed E-state index contributed by atoms with van der Waals surface area (Å²) in [6, 6.07) is 15.1. The lowest BCUT2D eigenvalue weighted by atomic mass is 9.95. The van der Waals surface area contributed by atoms with Crippen molar-refractivity contribution in [3.8, 4) is 0 Å². The maximum Gasteiger partial charge on any atom is 0.259 e. The van der Waals surface area contributed by atoms with Gasteiger partial charge >= 0.3 is 0 Å². The van der Waals surface area contributed by atoms with E-state index in [1.54, 1.807) is 4.90 Å². The van der Waals surface area contributed by atoms with Gasteiger partial charge in [-0.1, -0.05) is 45.0 Å². The number of aryl methyl sites for hydroxylation is 1. The molecule has 0 aliphatic rings. The van der Waals surface area contributed by atoms with Crippen LogP contribution in [-0.4, -0.2) is 17.4 Å². The molecule has 21 heavy (non-hydrogen) atoms. The molecular weight excluding hydrogens is 260 g/mol. The zero-order chi connectivity index (χ0) is 15.5. The van der Waals surface area contributed by atoms with E-state index in [-0.39, 0.29) is 11.3 Å². The van der Waals surface area contributed by atoms with Crippen LogP contribution in [0.15, 0.2) is 48.5 Å². The van der Waals surface area contributed by atoms with Crippen LogP contribution in [0.4, 0.5) is 5.82 Å². The highest BCUT2D eigenvalue weighted by molar-refractivity contribution is 6.05. The molecule has 0 N–H and O–H groups in total. The molecule has 0 saturated heterocycles. The van der Waals surface area contributed by atoms with Gasteiger partial charge in [-0.25, -0.2) is 4.98 Å². The van der Waals surface area contributed by atoms with Gasteiger partial charge in [-0.3, -0.25) is 9.69 Å². The molecule has 3 heteroatoms. The monoisotopic (exact) mass is 282 g/mol. The van der Waals surface area contributed by atoms with E-state index in [1.165, 1.54) is 0 Å². The molecule has 1 aromatic carbocycles. The maximum atomic E-state index is 12.8. The van der Waals surface area contributed by atoms with Crippen molar-refractivity contribution in [1.82, 2.24) is 4.98 Å². The fraction of sp³-hybridized carbons (Fsp3) is 0.333. The van der Waals surface area contributed by atoms with Crippen LogP contribution in [0.2, 0.25) is 0 Å². The Kier molecular flexibility index (Phi) is 4.41. The summed E-state index contributed by atoms with van der Waals surface area (Å²) < 4.78 is 0. The van der Waals surface area contributed by atoms with Crippen molar-refractivity contribution in [2.45, 2.75) is 27.7 Å². The molecule has 1 amide bonds. The molecule has 110 valence electrons. The lowest BCUT2D eigenvalue weighted by Crippen LogP contribution is -2.38. The van der Waals surface area contributed by atoms with Gasteiger partial charge in [0, 0.05) is 17.8 Å². The number of nitrogens with zero attached hydrogens (tertiary/aromatic N) is 2. The van der Waals surface area contributed by atoms with Crippen LogP contribution < -0.4 is 4.90 Å². The summed E-state index contributed by atoms with van der Waals surface area (Å²) in [5.74, 6) is 0.697. The van der Waals surface area contributed by atoms with E-state index in [4.69, 9.17) is 0 Å². The largest absolute Gasteiger partial charge is 0.292 e. The molecule has 0 fully saturated rings. The van der Waals surface area contributed by atoms with E-state index in [2.05, 4.69) is 25.8 Å². The van der Waals surface area contributed by atoms with Gasteiger partial charge in [-0.15, -0.1) is 0 Å². The van der Waals surface area contributed by atoms with E-state index < -0.39 is 0 Å². The maximum absolute atomic E-state index is 12.8. The number of aromatic nitrogens is 1. The Morgan fingerprint density at radius 2 is 1.71 bits per heavy atom. The normalized spacial score (nSPS) is 11.2. The van der Waals surface area contributed by atoms with Crippen molar-refractivity contribution in [2.75, 3.05) is 11.4 Å². The van der Waals surface area contributed by atoms with Crippen molar-refractivity contribution in [3.05, 3.63) is 59.8 Å². The summed E-state index contributed by atoms with van der Waals surface area (Å²) in [6.07, 6.45) is 0. The van der Waals surface area contributed by atoms with Gasteiger partial charge in [0.05, 0.1) is 0 Å². The highest BCUT2D eigenvalue weighted by atomic mass is 16.2. The molecule has 0 atom stereocenters. The minimum absolute atomic E-state index is 0.00410. The van der Waals surface area contributed by atoms with Gasteiger partial charge in [0.1, 0.15) is 5.82 Å². The Bertz CT molecular complexity index is 615. The van der Waals surface area contributed by atoms with E-state index >= 15 is 0 Å². The lowest BCUT2D eigenvalue weighted by Gasteiger charge is -2.29. The first-order valence-electron chi connectivity index (χ1n) is 7.17. The number of amides is 1. The van der Waals surface area contributed by atoms with Crippen LogP contribution >= 0.6 is 0 Å². The third kappa shape index (κ3) is 4.15. The fourth-order valence-corrected chi connectivity index (χ4v) is 2.15. The number of anilines is 1. The van der Waals surface area contributed by atoms with Crippen molar-refractivity contribution < 1.29 is 4.79 Å². The highest BCUT2D eigenvalue weighted by Gasteiger charge is 2.24. The Morgan fingerprint density at radius 1 is 1.05 bits per heavy atom. The summed E-state index contributed by atoms with van der Waals surface area (Å²) in [6.45, 7) is 8.92. The van der Waals surface area contributed by atoms with Gasteiger partial charge in [-0.05, 0) is 36.6 Å². The lowest BCUT2D eigenvalue weighted by molar-refractivity contribution is 0.0976. The molecule has 0 aliphatic heterocycles. The molecule has 2 aromatic rings. The number of benzene rings is 1. The van der Waals surface area contributed by atoms with Crippen LogP contribution in [-0.2, 0) is 0 Å². The van der Waals surface area contributed by atoms with Crippen LogP contribution in [0.3, 0.4) is 0 Å². The van der Waals surface area contributed by atoms with Crippen molar-refractivity contribution in [1.29, 1.82) is 0 Å². The molecule has 0 saturated carbocycles. The topological polar surface area (TPSA) is 33.2 Å². The third-order valence-corrected chi connectivity index (χ3v) is 3.05. The first-order valence-corrected chi connectivity index (χ1v) is 7.17. The van der Waals surface area contributed by atoms with Crippen molar-refractivity contribution in [2.24, 2.45) is 5.41 Å². The molecule has 0 spiro atoms. The van der Waals surface area contributed by atoms with Gasteiger partial charge in [0.25, 0.3) is 5.91 Å². The summed E-state index contributed by atoms with van der Waals surface area (Å²) in [4.78, 5) is 19.1. The summed E-state index contributed by atoms with van der Waals surface area (Å²) in [5.41, 5.74) is 1.59. The average Bonchev–Trinajstić information content (AvgIpc) is 2.44. The highest BCUT2D eigenvalue weighted by Crippen LogP contribution is 2.22. The second-order valence-electron chi connectivity index (χ2n) is 6.46. The average molecular weight is 282 g/mol. The fourth-order valence-electron chi connectivity index (χ4n) is 2.15. The minimum atomic E-state index is -0.0105. The molecule has 1 heterocycles. The summed E-state index contributed by atoms with van der Waals surface area (Å²) in [7, 11) is 0. The number of carbonyl (C=O) groups is 1.